The van der Waals surface area contributed by atoms with Crippen LogP contribution in [0.1, 0.15) is 18.5 Å². The van der Waals surface area contributed by atoms with Gasteiger partial charge in [-0.1, -0.05) is 35.5 Å². The third-order valence-corrected chi connectivity index (χ3v) is 4.10. The van der Waals surface area contributed by atoms with Crippen molar-refractivity contribution >= 4 is 12.0 Å². The number of likely N-dealkylation sites (tertiary alicyclic amines) is 1. The molecule has 2 amide bonds. The lowest BCUT2D eigenvalue weighted by molar-refractivity contribution is -0.143. The quantitative estimate of drug-likeness (QED) is 0.897. The van der Waals surface area contributed by atoms with E-state index in [-0.39, 0.29) is 19.1 Å². The number of hydrogen-bond donors (Lipinski definition) is 2. The first-order chi connectivity index (χ1) is 11.6. The highest BCUT2D eigenvalue weighted by atomic mass is 16.5. The van der Waals surface area contributed by atoms with Crippen molar-refractivity contribution in [1.82, 2.24) is 15.4 Å². The average Bonchev–Trinajstić information content (AvgIpc) is 3.09. The van der Waals surface area contributed by atoms with Gasteiger partial charge in [-0.3, -0.25) is 4.79 Å². The van der Waals surface area contributed by atoms with Crippen molar-refractivity contribution in [2.24, 2.45) is 5.92 Å². The fourth-order valence-corrected chi connectivity index (χ4v) is 2.77. The second kappa shape index (κ2) is 7.16. The number of amides is 2. The van der Waals surface area contributed by atoms with E-state index in [1.807, 2.05) is 30.3 Å². The fourth-order valence-electron chi connectivity index (χ4n) is 2.77. The Morgan fingerprint density at radius 3 is 2.88 bits per heavy atom. The third-order valence-electron chi connectivity index (χ3n) is 4.10. The number of nitrogens with zero attached hydrogens (tertiary/aromatic N) is 2. The van der Waals surface area contributed by atoms with Crippen LogP contribution in [0.25, 0.3) is 11.3 Å². The van der Waals surface area contributed by atoms with E-state index in [0.29, 0.717) is 30.8 Å². The van der Waals surface area contributed by atoms with Crippen molar-refractivity contribution < 1.29 is 19.2 Å². The molecule has 1 aliphatic rings. The van der Waals surface area contributed by atoms with Gasteiger partial charge in [0.05, 0.1) is 12.5 Å². The molecule has 1 aromatic carbocycles. The molecular weight excluding hydrogens is 310 g/mol. The van der Waals surface area contributed by atoms with Gasteiger partial charge in [-0.15, -0.1) is 0 Å². The topological polar surface area (TPSA) is 95.7 Å². The second-order valence-corrected chi connectivity index (χ2v) is 5.83. The SMILES string of the molecule is O=C(O)C1CCCN(C(=O)NCc2cc(-c3ccccc3)on2)C1. The summed E-state index contributed by atoms with van der Waals surface area (Å²) < 4.78 is 5.28. The van der Waals surface area contributed by atoms with Crippen molar-refractivity contribution in [3.05, 3.63) is 42.1 Å². The molecule has 3 rings (SSSR count). The maximum atomic E-state index is 12.2. The molecule has 1 saturated heterocycles. The van der Waals surface area contributed by atoms with Gasteiger partial charge in [0, 0.05) is 24.7 Å². The minimum Gasteiger partial charge on any atom is -0.481 e. The van der Waals surface area contributed by atoms with Crippen LogP contribution in [0.15, 0.2) is 40.9 Å². The van der Waals surface area contributed by atoms with Crippen LogP contribution in [0.4, 0.5) is 4.79 Å². The van der Waals surface area contributed by atoms with Gasteiger partial charge < -0.3 is 19.8 Å². The average molecular weight is 329 g/mol. The summed E-state index contributed by atoms with van der Waals surface area (Å²) in [4.78, 5) is 24.8. The van der Waals surface area contributed by atoms with Gasteiger partial charge in [0.15, 0.2) is 5.76 Å². The molecule has 0 aliphatic carbocycles. The number of rotatable bonds is 4. The Kier molecular flexibility index (Phi) is 4.79. The minimum atomic E-state index is -0.850. The maximum absolute atomic E-state index is 12.2. The van der Waals surface area contributed by atoms with Crippen molar-refractivity contribution in [2.45, 2.75) is 19.4 Å². The zero-order valence-electron chi connectivity index (χ0n) is 13.1. The number of carbonyl (C=O) groups excluding carboxylic acids is 1. The van der Waals surface area contributed by atoms with Gasteiger partial charge in [0.2, 0.25) is 0 Å². The molecule has 1 atom stereocenters. The zero-order chi connectivity index (χ0) is 16.9. The number of hydrogen-bond acceptors (Lipinski definition) is 4. The maximum Gasteiger partial charge on any atom is 0.317 e. The Bertz CT molecular complexity index is 714. The van der Waals surface area contributed by atoms with Crippen molar-refractivity contribution in [1.29, 1.82) is 0 Å². The molecule has 1 aromatic heterocycles. The molecule has 126 valence electrons. The summed E-state index contributed by atoms with van der Waals surface area (Å²) in [5.74, 6) is -0.693. The lowest BCUT2D eigenvalue weighted by atomic mass is 9.99. The number of aromatic nitrogens is 1. The predicted molar refractivity (Wildman–Crippen MR) is 86.1 cm³/mol. The van der Waals surface area contributed by atoms with E-state index in [4.69, 9.17) is 9.63 Å². The van der Waals surface area contributed by atoms with Crippen LogP contribution in [0.2, 0.25) is 0 Å². The monoisotopic (exact) mass is 329 g/mol. The van der Waals surface area contributed by atoms with Crippen LogP contribution in [0.3, 0.4) is 0 Å². The number of carboxylic acid groups (broad SMARTS) is 1. The Hall–Kier alpha value is -2.83. The molecule has 2 N–H and O–H groups in total. The molecule has 1 unspecified atom stereocenters. The van der Waals surface area contributed by atoms with Gasteiger partial charge in [-0.05, 0) is 12.8 Å². The van der Waals surface area contributed by atoms with E-state index < -0.39 is 11.9 Å². The van der Waals surface area contributed by atoms with Gasteiger partial charge >= 0.3 is 12.0 Å². The molecule has 2 aromatic rings. The number of carbonyl (C=O) groups is 2. The molecule has 0 saturated carbocycles. The van der Waals surface area contributed by atoms with Crippen molar-refractivity contribution in [3.63, 3.8) is 0 Å². The smallest absolute Gasteiger partial charge is 0.317 e. The summed E-state index contributed by atoms with van der Waals surface area (Å²) >= 11 is 0. The Balaban J connectivity index is 1.55. The lowest BCUT2D eigenvalue weighted by Gasteiger charge is -2.30. The molecule has 7 heteroatoms. The number of aliphatic carboxylic acids is 1. The van der Waals surface area contributed by atoms with Crippen LogP contribution in [-0.2, 0) is 11.3 Å². The van der Waals surface area contributed by atoms with Crippen LogP contribution in [0, 0.1) is 5.92 Å². The molecule has 0 bridgehead atoms. The molecule has 0 radical (unpaired) electrons. The molecular formula is C17H19N3O4. The largest absolute Gasteiger partial charge is 0.481 e. The molecule has 7 nitrogen and oxygen atoms in total. The summed E-state index contributed by atoms with van der Waals surface area (Å²) in [6, 6.07) is 11.1. The third kappa shape index (κ3) is 3.73. The highest BCUT2D eigenvalue weighted by molar-refractivity contribution is 5.76. The zero-order valence-corrected chi connectivity index (χ0v) is 13.1. The van der Waals surface area contributed by atoms with E-state index in [0.717, 1.165) is 5.56 Å². The predicted octanol–water partition coefficient (Wildman–Crippen LogP) is 2.35. The number of piperidine rings is 1. The van der Waals surface area contributed by atoms with E-state index in [1.54, 1.807) is 11.0 Å². The Labute approximate surface area is 139 Å². The number of urea groups is 1. The standard InChI is InChI=1S/C17H19N3O4/c21-16(22)13-7-4-8-20(11-13)17(23)18-10-14-9-15(24-19-14)12-5-2-1-3-6-12/h1-3,5-6,9,13H,4,7-8,10-11H2,(H,18,23)(H,21,22). The molecule has 1 aliphatic heterocycles. The highest BCUT2D eigenvalue weighted by Gasteiger charge is 2.28. The Morgan fingerprint density at radius 1 is 1.33 bits per heavy atom. The molecule has 24 heavy (non-hydrogen) atoms. The molecule has 2 heterocycles. The normalized spacial score (nSPS) is 17.5. The first kappa shape index (κ1) is 16.0. The summed E-state index contributed by atoms with van der Waals surface area (Å²) in [6.07, 6.45) is 1.31. The van der Waals surface area contributed by atoms with Crippen molar-refractivity contribution in [2.75, 3.05) is 13.1 Å². The summed E-state index contributed by atoms with van der Waals surface area (Å²) in [5.41, 5.74) is 1.54. The number of nitrogens with one attached hydrogen (secondary N) is 1. The second-order valence-electron chi connectivity index (χ2n) is 5.83. The van der Waals surface area contributed by atoms with E-state index >= 15 is 0 Å². The Morgan fingerprint density at radius 2 is 2.12 bits per heavy atom. The van der Waals surface area contributed by atoms with E-state index in [2.05, 4.69) is 10.5 Å². The van der Waals surface area contributed by atoms with Crippen LogP contribution < -0.4 is 5.32 Å². The summed E-state index contributed by atoms with van der Waals surface area (Å²) in [6.45, 7) is 1.06. The lowest BCUT2D eigenvalue weighted by Crippen LogP contribution is -2.46. The van der Waals surface area contributed by atoms with Gasteiger partial charge in [0.1, 0.15) is 5.69 Å². The number of benzene rings is 1. The van der Waals surface area contributed by atoms with Gasteiger partial charge in [-0.2, -0.15) is 0 Å². The van der Waals surface area contributed by atoms with Gasteiger partial charge in [0.25, 0.3) is 0 Å². The highest BCUT2D eigenvalue weighted by Crippen LogP contribution is 2.20. The van der Waals surface area contributed by atoms with Gasteiger partial charge in [-0.25, -0.2) is 4.79 Å². The fraction of sp³-hybridized carbons (Fsp3) is 0.353. The van der Waals surface area contributed by atoms with Crippen molar-refractivity contribution in [3.8, 4) is 11.3 Å². The van der Waals surface area contributed by atoms with E-state index in [9.17, 15) is 9.59 Å². The molecule has 1 fully saturated rings. The van der Waals surface area contributed by atoms with Crippen LogP contribution in [-0.4, -0.2) is 40.3 Å². The number of carboxylic acids is 1. The van der Waals surface area contributed by atoms with Crippen LogP contribution in [0.5, 0.6) is 0 Å². The molecule has 0 spiro atoms. The first-order valence-corrected chi connectivity index (χ1v) is 7.90. The summed E-state index contributed by atoms with van der Waals surface area (Å²) in [5, 5.41) is 15.8. The minimum absolute atomic E-state index is 0.239. The first-order valence-electron chi connectivity index (χ1n) is 7.90. The van der Waals surface area contributed by atoms with Crippen LogP contribution >= 0.6 is 0 Å². The summed E-state index contributed by atoms with van der Waals surface area (Å²) in [7, 11) is 0. The van der Waals surface area contributed by atoms with E-state index in [1.165, 1.54) is 0 Å².